The second kappa shape index (κ2) is 8.32. The number of rotatable bonds is 7. The number of anilines is 3. The highest BCUT2D eigenvalue weighted by atomic mass is 35.5. The van der Waals surface area contributed by atoms with Gasteiger partial charge in [-0.2, -0.15) is 4.98 Å². The van der Waals surface area contributed by atoms with Gasteiger partial charge in [0.25, 0.3) is 0 Å². The maximum Gasteiger partial charge on any atom is 0.229 e. The van der Waals surface area contributed by atoms with Crippen molar-refractivity contribution in [3.63, 3.8) is 0 Å². The molecule has 0 radical (unpaired) electrons. The zero-order valence-electron chi connectivity index (χ0n) is 14.9. The lowest BCUT2D eigenvalue weighted by Gasteiger charge is -2.16. The highest BCUT2D eigenvalue weighted by Crippen LogP contribution is 2.26. The highest BCUT2D eigenvalue weighted by molar-refractivity contribution is 6.31. The number of benzene rings is 2. The summed E-state index contributed by atoms with van der Waals surface area (Å²) < 4.78 is 13.4. The lowest BCUT2D eigenvalue weighted by Crippen LogP contribution is -2.14. The van der Waals surface area contributed by atoms with Crippen molar-refractivity contribution < 1.29 is 4.39 Å². The molecule has 0 amide bonds. The Balaban J connectivity index is 1.91. The largest absolute Gasteiger partial charge is 0.369 e. The van der Waals surface area contributed by atoms with Gasteiger partial charge in [-0.15, -0.1) is 0 Å². The van der Waals surface area contributed by atoms with E-state index < -0.39 is 5.82 Å². The van der Waals surface area contributed by atoms with Gasteiger partial charge in [0.05, 0.1) is 10.5 Å². The van der Waals surface area contributed by atoms with E-state index in [1.54, 1.807) is 6.07 Å². The SMILES string of the molecule is CCC(CC)CNc1nc(Nc2ccc(F)c(Cl)c2)nc2ccccc12. The van der Waals surface area contributed by atoms with Gasteiger partial charge in [-0.25, -0.2) is 9.37 Å². The Hall–Kier alpha value is -2.40. The van der Waals surface area contributed by atoms with E-state index in [2.05, 4.69) is 34.4 Å². The number of aromatic nitrogens is 2. The number of halogens is 2. The molecule has 0 unspecified atom stereocenters. The lowest BCUT2D eigenvalue weighted by atomic mass is 10.0. The van der Waals surface area contributed by atoms with E-state index in [0.29, 0.717) is 17.6 Å². The third kappa shape index (κ3) is 4.22. The fourth-order valence-corrected chi connectivity index (χ4v) is 2.97. The highest BCUT2D eigenvalue weighted by Gasteiger charge is 2.10. The monoisotopic (exact) mass is 372 g/mol. The minimum Gasteiger partial charge on any atom is -0.369 e. The molecule has 0 spiro atoms. The van der Waals surface area contributed by atoms with E-state index in [1.165, 1.54) is 12.1 Å². The Bertz CT molecular complexity index is 896. The van der Waals surface area contributed by atoms with Crippen molar-refractivity contribution in [2.45, 2.75) is 26.7 Å². The maximum atomic E-state index is 13.4. The molecular formula is C20H22ClFN4. The molecule has 0 atom stereocenters. The summed E-state index contributed by atoms with van der Waals surface area (Å²) in [6.07, 6.45) is 2.23. The predicted molar refractivity (Wildman–Crippen MR) is 107 cm³/mol. The van der Waals surface area contributed by atoms with E-state index >= 15 is 0 Å². The third-order valence-electron chi connectivity index (χ3n) is 4.49. The number of fused-ring (bicyclic) bond motifs is 1. The van der Waals surface area contributed by atoms with Crippen LogP contribution in [0.5, 0.6) is 0 Å². The van der Waals surface area contributed by atoms with Crippen molar-refractivity contribution in [1.82, 2.24) is 9.97 Å². The molecule has 0 aliphatic rings. The predicted octanol–water partition coefficient (Wildman–Crippen LogP) is 6.01. The number of nitrogens with zero attached hydrogens (tertiary/aromatic N) is 2. The molecule has 2 N–H and O–H groups in total. The topological polar surface area (TPSA) is 49.8 Å². The van der Waals surface area contributed by atoms with Gasteiger partial charge in [-0.3, -0.25) is 0 Å². The molecule has 1 heterocycles. The lowest BCUT2D eigenvalue weighted by molar-refractivity contribution is 0.518. The van der Waals surface area contributed by atoms with Gasteiger partial charge < -0.3 is 10.6 Å². The normalized spacial score (nSPS) is 11.1. The average molecular weight is 373 g/mol. The van der Waals surface area contributed by atoms with E-state index in [-0.39, 0.29) is 5.02 Å². The first kappa shape index (κ1) is 18.4. The van der Waals surface area contributed by atoms with Gasteiger partial charge in [0.15, 0.2) is 0 Å². The standard InChI is InChI=1S/C20H22ClFN4/c1-3-13(4-2)12-23-19-15-7-5-6-8-18(15)25-20(26-19)24-14-9-10-17(22)16(21)11-14/h5-11,13H,3-4,12H2,1-2H3,(H2,23,24,25,26). The van der Waals surface area contributed by atoms with Crippen LogP contribution in [0.2, 0.25) is 5.02 Å². The summed E-state index contributed by atoms with van der Waals surface area (Å²) in [5, 5.41) is 7.60. The Kier molecular flexibility index (Phi) is 5.89. The molecule has 2 aromatic carbocycles. The minimum absolute atomic E-state index is 0.0582. The van der Waals surface area contributed by atoms with E-state index in [4.69, 9.17) is 11.6 Å². The first-order valence-electron chi connectivity index (χ1n) is 8.83. The van der Waals surface area contributed by atoms with Crippen LogP contribution in [0, 0.1) is 11.7 Å². The van der Waals surface area contributed by atoms with Crippen LogP contribution >= 0.6 is 11.6 Å². The van der Waals surface area contributed by atoms with Gasteiger partial charge >= 0.3 is 0 Å². The van der Waals surface area contributed by atoms with Crippen LogP contribution in [0.25, 0.3) is 10.9 Å². The van der Waals surface area contributed by atoms with Crippen molar-refractivity contribution in [1.29, 1.82) is 0 Å². The Morgan fingerprint density at radius 3 is 2.58 bits per heavy atom. The molecule has 0 aliphatic heterocycles. The van der Waals surface area contributed by atoms with Crippen molar-refractivity contribution in [3.05, 3.63) is 53.3 Å². The van der Waals surface area contributed by atoms with Crippen LogP contribution in [0.1, 0.15) is 26.7 Å². The summed E-state index contributed by atoms with van der Waals surface area (Å²) in [5.74, 6) is 1.37. The van der Waals surface area contributed by atoms with Crippen molar-refractivity contribution in [3.8, 4) is 0 Å². The molecule has 4 nitrogen and oxygen atoms in total. The van der Waals surface area contributed by atoms with Gasteiger partial charge in [0.2, 0.25) is 5.95 Å². The van der Waals surface area contributed by atoms with E-state index in [1.807, 2.05) is 24.3 Å². The van der Waals surface area contributed by atoms with Gasteiger partial charge in [0, 0.05) is 17.6 Å². The molecule has 6 heteroatoms. The molecule has 0 bridgehead atoms. The fraction of sp³-hybridized carbons (Fsp3) is 0.300. The molecular weight excluding hydrogens is 351 g/mol. The molecule has 3 aromatic rings. The first-order chi connectivity index (χ1) is 12.6. The van der Waals surface area contributed by atoms with Crippen molar-refractivity contribution >= 4 is 40.0 Å². The molecule has 0 fully saturated rings. The quantitative estimate of drug-likeness (QED) is 0.532. The molecule has 0 saturated carbocycles. The van der Waals surface area contributed by atoms with E-state index in [9.17, 15) is 4.39 Å². The maximum absolute atomic E-state index is 13.4. The van der Waals surface area contributed by atoms with Gasteiger partial charge in [-0.1, -0.05) is 50.4 Å². The number of nitrogens with one attached hydrogen (secondary N) is 2. The number of para-hydroxylation sites is 1. The molecule has 1 aromatic heterocycles. The van der Waals surface area contributed by atoms with Crippen LogP contribution in [-0.4, -0.2) is 16.5 Å². The Labute approximate surface area is 157 Å². The summed E-state index contributed by atoms with van der Waals surface area (Å²) in [7, 11) is 0. The zero-order valence-corrected chi connectivity index (χ0v) is 15.6. The Morgan fingerprint density at radius 1 is 1.08 bits per heavy atom. The van der Waals surface area contributed by atoms with Gasteiger partial charge in [-0.05, 0) is 36.2 Å². The molecule has 3 rings (SSSR count). The molecule has 0 aliphatic carbocycles. The van der Waals surface area contributed by atoms with E-state index in [0.717, 1.165) is 36.1 Å². The van der Waals surface area contributed by atoms with Crippen LogP contribution < -0.4 is 10.6 Å². The summed E-state index contributed by atoms with van der Waals surface area (Å²) in [4.78, 5) is 9.17. The summed E-state index contributed by atoms with van der Waals surface area (Å²) in [5.41, 5.74) is 1.47. The van der Waals surface area contributed by atoms with Crippen LogP contribution in [0.15, 0.2) is 42.5 Å². The second-order valence-electron chi connectivity index (χ2n) is 6.23. The molecule has 136 valence electrons. The second-order valence-corrected chi connectivity index (χ2v) is 6.64. The first-order valence-corrected chi connectivity index (χ1v) is 9.21. The van der Waals surface area contributed by atoms with Crippen molar-refractivity contribution in [2.75, 3.05) is 17.2 Å². The van der Waals surface area contributed by atoms with Crippen LogP contribution in [0.3, 0.4) is 0 Å². The minimum atomic E-state index is -0.454. The zero-order chi connectivity index (χ0) is 18.5. The average Bonchev–Trinajstić information content (AvgIpc) is 2.65. The molecule has 26 heavy (non-hydrogen) atoms. The fourth-order valence-electron chi connectivity index (χ4n) is 2.79. The summed E-state index contributed by atoms with van der Waals surface area (Å²) in [6.45, 7) is 5.24. The Morgan fingerprint density at radius 2 is 1.85 bits per heavy atom. The third-order valence-corrected chi connectivity index (χ3v) is 4.78. The molecule has 0 saturated heterocycles. The van der Waals surface area contributed by atoms with Crippen LogP contribution in [0.4, 0.5) is 21.8 Å². The van der Waals surface area contributed by atoms with Crippen molar-refractivity contribution in [2.24, 2.45) is 5.92 Å². The summed E-state index contributed by atoms with van der Waals surface area (Å²) >= 11 is 5.85. The smallest absolute Gasteiger partial charge is 0.229 e. The summed E-state index contributed by atoms with van der Waals surface area (Å²) in [6, 6.07) is 12.3. The number of hydrogen-bond acceptors (Lipinski definition) is 4. The number of hydrogen-bond donors (Lipinski definition) is 2. The van der Waals surface area contributed by atoms with Gasteiger partial charge in [0.1, 0.15) is 11.6 Å². The van der Waals surface area contributed by atoms with Crippen LogP contribution in [-0.2, 0) is 0 Å².